The van der Waals surface area contributed by atoms with Crippen molar-refractivity contribution in [3.05, 3.63) is 65.7 Å². The molecule has 3 heterocycles. The number of ether oxygens (including phenoxy) is 1. The molecule has 6 nitrogen and oxygen atoms in total. The van der Waals surface area contributed by atoms with Gasteiger partial charge in [0, 0.05) is 30.6 Å². The van der Waals surface area contributed by atoms with Gasteiger partial charge in [-0.1, -0.05) is 36.4 Å². The first-order chi connectivity index (χ1) is 16.2. The van der Waals surface area contributed by atoms with Gasteiger partial charge in [-0.2, -0.15) is 0 Å². The first-order valence-corrected chi connectivity index (χ1v) is 12.0. The van der Waals surface area contributed by atoms with Crippen LogP contribution in [0, 0.1) is 0 Å². The molecule has 5 rings (SSSR count). The lowest BCUT2D eigenvalue weighted by Gasteiger charge is -2.29. The minimum Gasteiger partial charge on any atom is -0.496 e. The maximum Gasteiger partial charge on any atom is 0.255 e. The molecule has 1 N–H and O–H groups in total. The Labute approximate surface area is 195 Å². The predicted octanol–water partition coefficient (Wildman–Crippen LogP) is 4.41. The number of hydrogen-bond donors (Lipinski definition) is 1. The molecule has 2 fully saturated rings. The molecule has 0 saturated carbocycles. The highest BCUT2D eigenvalue weighted by Crippen LogP contribution is 2.32. The fourth-order valence-corrected chi connectivity index (χ4v) is 5.16. The van der Waals surface area contributed by atoms with E-state index in [1.165, 1.54) is 12.8 Å². The van der Waals surface area contributed by atoms with Crippen molar-refractivity contribution in [1.82, 2.24) is 15.2 Å². The van der Waals surface area contributed by atoms with Gasteiger partial charge in [0.2, 0.25) is 0 Å². The summed E-state index contributed by atoms with van der Waals surface area (Å²) in [5.74, 6) is 1.61. The normalized spacial score (nSPS) is 17.4. The van der Waals surface area contributed by atoms with Crippen LogP contribution in [-0.4, -0.2) is 55.6 Å². The Morgan fingerprint density at radius 2 is 1.70 bits per heavy atom. The Hall–Kier alpha value is -3.12. The van der Waals surface area contributed by atoms with Gasteiger partial charge >= 0.3 is 0 Å². The van der Waals surface area contributed by atoms with Gasteiger partial charge in [0.1, 0.15) is 11.6 Å². The molecular formula is C27H32N4O2. The van der Waals surface area contributed by atoms with Crippen LogP contribution in [0.1, 0.15) is 47.6 Å². The van der Waals surface area contributed by atoms with E-state index in [1.807, 2.05) is 48.5 Å². The lowest BCUT2D eigenvalue weighted by atomic mass is 10.0. The summed E-state index contributed by atoms with van der Waals surface area (Å²) in [4.78, 5) is 23.2. The van der Waals surface area contributed by atoms with Crippen LogP contribution in [-0.2, 0) is 0 Å². The molecule has 6 heteroatoms. The number of nitrogens with one attached hydrogen (secondary N) is 1. The maximum absolute atomic E-state index is 13.5. The summed E-state index contributed by atoms with van der Waals surface area (Å²) >= 11 is 0. The number of amides is 1. The van der Waals surface area contributed by atoms with Crippen LogP contribution in [0.3, 0.4) is 0 Å². The largest absolute Gasteiger partial charge is 0.496 e. The molecule has 0 spiro atoms. The number of carbonyl (C=O) groups excluding carboxylic acids is 1. The van der Waals surface area contributed by atoms with E-state index in [0.717, 1.165) is 67.1 Å². The molecule has 172 valence electrons. The average Bonchev–Trinajstić information content (AvgIpc) is 3.58. The Morgan fingerprint density at radius 1 is 1.00 bits per heavy atom. The van der Waals surface area contributed by atoms with E-state index >= 15 is 0 Å². The average molecular weight is 445 g/mol. The van der Waals surface area contributed by atoms with Crippen LogP contribution in [0.25, 0.3) is 10.9 Å². The van der Waals surface area contributed by atoms with Crippen LogP contribution in [0.5, 0.6) is 5.75 Å². The number of anilines is 1. The minimum atomic E-state index is -0.0609. The molecule has 2 saturated heterocycles. The third-order valence-electron chi connectivity index (χ3n) is 6.89. The van der Waals surface area contributed by atoms with E-state index in [-0.39, 0.29) is 11.9 Å². The van der Waals surface area contributed by atoms with Gasteiger partial charge in [0.25, 0.3) is 5.91 Å². The fourth-order valence-electron chi connectivity index (χ4n) is 5.16. The number of pyridine rings is 1. The van der Waals surface area contributed by atoms with Gasteiger partial charge in [-0.05, 0) is 57.0 Å². The molecule has 2 aromatic carbocycles. The molecule has 2 aliphatic heterocycles. The number of para-hydroxylation sites is 2. The second-order valence-corrected chi connectivity index (χ2v) is 8.96. The van der Waals surface area contributed by atoms with Crippen molar-refractivity contribution in [1.29, 1.82) is 0 Å². The summed E-state index contributed by atoms with van der Waals surface area (Å²) in [5.41, 5.74) is 2.72. The molecule has 0 radical (unpaired) electrons. The van der Waals surface area contributed by atoms with Gasteiger partial charge < -0.3 is 15.0 Å². The smallest absolute Gasteiger partial charge is 0.255 e. The van der Waals surface area contributed by atoms with Crippen molar-refractivity contribution < 1.29 is 9.53 Å². The summed E-state index contributed by atoms with van der Waals surface area (Å²) in [6.07, 6.45) is 4.65. The fraction of sp³-hybridized carbons (Fsp3) is 0.407. The van der Waals surface area contributed by atoms with Crippen LogP contribution in [0.15, 0.2) is 54.6 Å². The van der Waals surface area contributed by atoms with E-state index in [0.29, 0.717) is 12.1 Å². The monoisotopic (exact) mass is 444 g/mol. The van der Waals surface area contributed by atoms with Crippen molar-refractivity contribution in [2.45, 2.75) is 31.7 Å². The maximum atomic E-state index is 13.5. The highest BCUT2D eigenvalue weighted by Gasteiger charge is 2.28. The van der Waals surface area contributed by atoms with Gasteiger partial charge in [-0.3, -0.25) is 9.69 Å². The van der Waals surface area contributed by atoms with Crippen molar-refractivity contribution in [3.63, 3.8) is 0 Å². The first-order valence-electron chi connectivity index (χ1n) is 12.0. The summed E-state index contributed by atoms with van der Waals surface area (Å²) in [7, 11) is 1.71. The molecule has 0 aliphatic carbocycles. The van der Waals surface area contributed by atoms with E-state index in [1.54, 1.807) is 7.11 Å². The summed E-state index contributed by atoms with van der Waals surface area (Å²) in [5, 5.41) is 4.24. The first kappa shape index (κ1) is 21.7. The zero-order valence-electron chi connectivity index (χ0n) is 19.3. The molecule has 0 bridgehead atoms. The summed E-state index contributed by atoms with van der Waals surface area (Å²) < 4.78 is 5.66. The minimum absolute atomic E-state index is 0.0609. The number of aromatic nitrogens is 1. The highest BCUT2D eigenvalue weighted by atomic mass is 16.5. The molecule has 1 amide bonds. The number of methoxy groups -OCH3 is 1. The van der Waals surface area contributed by atoms with Gasteiger partial charge in [0.05, 0.1) is 24.2 Å². The van der Waals surface area contributed by atoms with Crippen LogP contribution in [0.2, 0.25) is 0 Å². The molecule has 3 aromatic rings. The van der Waals surface area contributed by atoms with Crippen LogP contribution < -0.4 is 15.0 Å². The van der Waals surface area contributed by atoms with E-state index in [4.69, 9.17) is 9.72 Å². The number of carbonyl (C=O) groups is 1. The molecular weight excluding hydrogens is 412 g/mol. The Kier molecular flexibility index (Phi) is 6.44. The van der Waals surface area contributed by atoms with Gasteiger partial charge in [-0.15, -0.1) is 0 Å². The van der Waals surface area contributed by atoms with Crippen LogP contribution in [0.4, 0.5) is 5.82 Å². The number of fused-ring (bicyclic) bond motifs is 1. The van der Waals surface area contributed by atoms with Gasteiger partial charge in [-0.25, -0.2) is 4.98 Å². The second-order valence-electron chi connectivity index (χ2n) is 8.96. The van der Waals surface area contributed by atoms with E-state index < -0.39 is 0 Å². The quantitative estimate of drug-likeness (QED) is 0.585. The SMILES string of the molecule is COc1ccccc1C(CNC(=O)c1cc2ccccc2nc1N1CCCC1)N1CCCC1. The number of rotatable bonds is 7. The number of hydrogen-bond acceptors (Lipinski definition) is 5. The van der Waals surface area contributed by atoms with Crippen LogP contribution >= 0.6 is 0 Å². The molecule has 1 atom stereocenters. The van der Waals surface area contributed by atoms with Crippen molar-refractivity contribution in [2.24, 2.45) is 0 Å². The topological polar surface area (TPSA) is 57.7 Å². The van der Waals surface area contributed by atoms with Gasteiger partial charge in [0.15, 0.2) is 0 Å². The standard InChI is InChI=1S/C27H32N4O2/c1-33-25-13-5-3-11-21(25)24(30-14-6-7-15-30)19-28-27(32)22-18-20-10-2-4-12-23(20)29-26(22)31-16-8-9-17-31/h2-5,10-13,18,24H,6-9,14-17,19H2,1H3,(H,28,32). The third kappa shape index (κ3) is 4.53. The Balaban J connectivity index is 1.43. The highest BCUT2D eigenvalue weighted by molar-refractivity contribution is 6.02. The second kappa shape index (κ2) is 9.79. The summed E-state index contributed by atoms with van der Waals surface area (Å²) in [6, 6.07) is 18.3. The molecule has 2 aliphatic rings. The van der Waals surface area contributed by atoms with E-state index in [9.17, 15) is 4.79 Å². The summed E-state index contributed by atoms with van der Waals surface area (Å²) in [6.45, 7) is 4.50. The zero-order valence-corrected chi connectivity index (χ0v) is 19.3. The molecule has 33 heavy (non-hydrogen) atoms. The Morgan fingerprint density at radius 3 is 2.48 bits per heavy atom. The van der Waals surface area contributed by atoms with Crippen molar-refractivity contribution in [3.8, 4) is 5.75 Å². The lowest BCUT2D eigenvalue weighted by molar-refractivity contribution is 0.0937. The number of benzene rings is 2. The molecule has 1 aromatic heterocycles. The predicted molar refractivity (Wildman–Crippen MR) is 132 cm³/mol. The number of nitrogens with zero attached hydrogens (tertiary/aromatic N) is 3. The Bertz CT molecular complexity index is 1120. The number of likely N-dealkylation sites (tertiary alicyclic amines) is 1. The van der Waals surface area contributed by atoms with E-state index in [2.05, 4.69) is 21.2 Å². The van der Waals surface area contributed by atoms with Crippen molar-refractivity contribution in [2.75, 3.05) is 44.7 Å². The lowest BCUT2D eigenvalue weighted by Crippen LogP contribution is -2.37. The van der Waals surface area contributed by atoms with Crippen molar-refractivity contribution >= 4 is 22.6 Å². The molecule has 1 unspecified atom stereocenters. The third-order valence-corrected chi connectivity index (χ3v) is 6.89. The zero-order chi connectivity index (χ0) is 22.6.